The summed E-state index contributed by atoms with van der Waals surface area (Å²) in [6.07, 6.45) is 3.59. The van der Waals surface area contributed by atoms with Crippen molar-refractivity contribution in [2.45, 2.75) is 44.9 Å². The monoisotopic (exact) mass is 588 g/mol. The van der Waals surface area contributed by atoms with Crippen LogP contribution in [0.2, 0.25) is 0 Å². The van der Waals surface area contributed by atoms with Gasteiger partial charge in [0.05, 0.1) is 0 Å². The molecular formula is C41H32S2. The van der Waals surface area contributed by atoms with Gasteiger partial charge < -0.3 is 0 Å². The highest BCUT2D eigenvalue weighted by Crippen LogP contribution is 2.56. The van der Waals surface area contributed by atoms with Crippen LogP contribution in [-0.2, 0) is 0 Å². The van der Waals surface area contributed by atoms with Crippen LogP contribution in [0.3, 0.4) is 0 Å². The lowest BCUT2D eigenvalue weighted by Gasteiger charge is -2.42. The topological polar surface area (TPSA) is 0 Å². The first-order chi connectivity index (χ1) is 21.2. The Morgan fingerprint density at radius 1 is 0.465 bits per heavy atom. The molecule has 0 radical (unpaired) electrons. The van der Waals surface area contributed by atoms with E-state index in [1.54, 1.807) is 11.1 Å². The smallest absolute Gasteiger partial charge is 0.0351 e. The van der Waals surface area contributed by atoms with E-state index < -0.39 is 0 Å². The van der Waals surface area contributed by atoms with Crippen molar-refractivity contribution in [3.05, 3.63) is 163 Å². The molecule has 4 aromatic carbocycles. The molecule has 6 aromatic rings. The maximum Gasteiger partial charge on any atom is 0.0351 e. The molecule has 0 fully saturated rings. The van der Waals surface area contributed by atoms with Gasteiger partial charge in [-0.2, -0.15) is 0 Å². The van der Waals surface area contributed by atoms with Gasteiger partial charge in [-0.3, -0.25) is 0 Å². The third kappa shape index (κ3) is 3.86. The maximum absolute atomic E-state index is 2.52. The van der Waals surface area contributed by atoms with Crippen molar-refractivity contribution in [2.75, 3.05) is 0 Å². The molecule has 0 nitrogen and oxygen atoms in total. The second-order valence-electron chi connectivity index (χ2n) is 12.3. The van der Waals surface area contributed by atoms with E-state index >= 15 is 0 Å². The fourth-order valence-electron chi connectivity index (χ4n) is 8.11. The van der Waals surface area contributed by atoms with Crippen LogP contribution in [0, 0.1) is 13.8 Å². The largest absolute Gasteiger partial charge is 0.140 e. The average Bonchev–Trinajstić information content (AvgIpc) is 3.79. The van der Waals surface area contributed by atoms with E-state index in [1.165, 1.54) is 94.4 Å². The summed E-state index contributed by atoms with van der Waals surface area (Å²) in [5, 5.41) is 0. The summed E-state index contributed by atoms with van der Waals surface area (Å²) in [7, 11) is 0. The Hall–Kier alpha value is -3.98. The Labute approximate surface area is 262 Å². The van der Waals surface area contributed by atoms with Crippen molar-refractivity contribution in [3.63, 3.8) is 0 Å². The summed E-state index contributed by atoms with van der Waals surface area (Å²) in [5.74, 6) is 0.653. The third-order valence-corrected chi connectivity index (χ3v) is 12.2. The number of hydrogen-bond donors (Lipinski definition) is 0. The quantitative estimate of drug-likeness (QED) is 0.192. The molecule has 208 valence electrons. The first-order valence-corrected chi connectivity index (χ1v) is 17.1. The van der Waals surface area contributed by atoms with Gasteiger partial charge in [-0.1, -0.05) is 91.0 Å². The van der Waals surface area contributed by atoms with Crippen LogP contribution >= 0.6 is 22.7 Å². The van der Waals surface area contributed by atoms with Gasteiger partial charge >= 0.3 is 0 Å². The lowest BCUT2D eigenvalue weighted by molar-refractivity contribution is 0.755. The lowest BCUT2D eigenvalue weighted by atomic mass is 9.61. The van der Waals surface area contributed by atoms with Gasteiger partial charge in [0.25, 0.3) is 0 Å². The predicted octanol–water partition coefficient (Wildman–Crippen LogP) is 11.8. The summed E-state index contributed by atoms with van der Waals surface area (Å²) < 4.78 is 0. The number of allylic oxidation sites excluding steroid dienone is 2. The maximum atomic E-state index is 2.52. The molecule has 0 N–H and O–H groups in total. The van der Waals surface area contributed by atoms with Gasteiger partial charge in [0.1, 0.15) is 0 Å². The minimum Gasteiger partial charge on any atom is -0.140 e. The fraction of sp³-hybridized carbons (Fsp3) is 0.171. The zero-order valence-corrected chi connectivity index (χ0v) is 26.1. The zero-order valence-electron chi connectivity index (χ0n) is 24.5. The summed E-state index contributed by atoms with van der Waals surface area (Å²) >= 11 is 3.90. The highest BCUT2D eigenvalue weighted by molar-refractivity contribution is 7.16. The molecule has 0 amide bonds. The van der Waals surface area contributed by atoms with E-state index in [9.17, 15) is 0 Å². The van der Waals surface area contributed by atoms with Crippen molar-refractivity contribution >= 4 is 33.8 Å². The molecule has 0 unspecified atom stereocenters. The fourth-order valence-corrected chi connectivity index (χ4v) is 10.2. The van der Waals surface area contributed by atoms with E-state index in [1.807, 2.05) is 22.7 Å². The first-order valence-electron chi connectivity index (χ1n) is 15.5. The van der Waals surface area contributed by atoms with Gasteiger partial charge in [0.15, 0.2) is 0 Å². The molecule has 2 heterocycles. The molecule has 4 aliphatic carbocycles. The number of hydrogen-bond acceptors (Lipinski definition) is 2. The Balaban J connectivity index is 1.12. The summed E-state index contributed by atoms with van der Waals surface area (Å²) in [6, 6.07) is 41.4. The lowest BCUT2D eigenvalue weighted by Crippen LogP contribution is -2.27. The third-order valence-electron chi connectivity index (χ3n) is 9.99. The van der Waals surface area contributed by atoms with Gasteiger partial charge in [-0.25, -0.2) is 0 Å². The molecule has 10 rings (SSSR count). The van der Waals surface area contributed by atoms with Crippen LogP contribution in [0.15, 0.2) is 109 Å². The number of rotatable bonds is 4. The highest BCUT2D eigenvalue weighted by atomic mass is 32.1. The van der Waals surface area contributed by atoms with E-state index in [0.717, 1.165) is 0 Å². The van der Waals surface area contributed by atoms with Crippen LogP contribution in [0.4, 0.5) is 0 Å². The summed E-state index contributed by atoms with van der Waals surface area (Å²) in [6.45, 7) is 4.63. The molecule has 0 saturated carbocycles. The molecule has 0 spiro atoms. The van der Waals surface area contributed by atoms with Gasteiger partial charge in [0, 0.05) is 31.3 Å². The van der Waals surface area contributed by atoms with Crippen molar-refractivity contribution in [2.24, 2.45) is 0 Å². The van der Waals surface area contributed by atoms with Crippen LogP contribution in [0.25, 0.3) is 32.0 Å². The van der Waals surface area contributed by atoms with Crippen LogP contribution < -0.4 is 0 Å². The van der Waals surface area contributed by atoms with Crippen LogP contribution in [-0.4, -0.2) is 0 Å². The molecular weight excluding hydrogens is 557 g/mol. The SMILES string of the molecule is Cc1sc(-c2ccccc2)cc1C1=C(c2cc(-c3ccc4c(c3)C3c5ccccc5C4c4ccccc43)sc2C)CCC1. The van der Waals surface area contributed by atoms with Crippen molar-refractivity contribution < 1.29 is 0 Å². The van der Waals surface area contributed by atoms with Gasteiger partial charge in [0.2, 0.25) is 0 Å². The van der Waals surface area contributed by atoms with E-state index in [2.05, 4.69) is 123 Å². The molecule has 4 aliphatic rings. The second-order valence-corrected chi connectivity index (χ2v) is 14.8. The number of aryl methyl sites for hydroxylation is 2. The Bertz CT molecular complexity index is 2040. The number of benzene rings is 4. The Morgan fingerprint density at radius 3 is 1.49 bits per heavy atom. The van der Waals surface area contributed by atoms with Crippen molar-refractivity contribution in [3.8, 4) is 20.9 Å². The number of thiophene rings is 2. The zero-order chi connectivity index (χ0) is 28.7. The van der Waals surface area contributed by atoms with Crippen molar-refractivity contribution in [1.29, 1.82) is 0 Å². The normalized spacial score (nSPS) is 18.1. The van der Waals surface area contributed by atoms with Gasteiger partial charge in [-0.15, -0.1) is 22.7 Å². The molecule has 2 bridgehead atoms. The minimum atomic E-state index is 0.317. The molecule has 0 aliphatic heterocycles. The van der Waals surface area contributed by atoms with E-state index in [-0.39, 0.29) is 0 Å². The summed E-state index contributed by atoms with van der Waals surface area (Å²) in [5.41, 5.74) is 17.7. The highest BCUT2D eigenvalue weighted by Gasteiger charge is 2.41. The summed E-state index contributed by atoms with van der Waals surface area (Å²) in [4.78, 5) is 5.65. The molecule has 2 aromatic heterocycles. The standard InChI is InChI=1S/C41H32S2/c1-24-35(22-38(42-24)26-11-4-3-5-12-26)28-17-10-18-29(28)36-23-39(43-25(36)2)27-19-20-34-37(21-27)41-32-15-8-6-13-30(32)40(34)31-14-7-9-16-33(31)41/h3-9,11-16,19-23,40-41H,10,17-18H2,1-2H3. The average molecular weight is 589 g/mol. The molecule has 0 saturated heterocycles. The predicted molar refractivity (Wildman–Crippen MR) is 184 cm³/mol. The van der Waals surface area contributed by atoms with Crippen molar-refractivity contribution in [1.82, 2.24) is 0 Å². The molecule has 0 atom stereocenters. The molecule has 43 heavy (non-hydrogen) atoms. The Kier molecular flexibility index (Phi) is 5.80. The second kappa shape index (κ2) is 9.77. The van der Waals surface area contributed by atoms with Crippen LogP contribution in [0.1, 0.15) is 85.4 Å². The van der Waals surface area contributed by atoms with E-state index in [0.29, 0.717) is 11.8 Å². The van der Waals surface area contributed by atoms with Gasteiger partial charge in [-0.05, 0) is 118 Å². The Morgan fingerprint density at radius 2 is 0.930 bits per heavy atom. The molecule has 2 heteroatoms. The first kappa shape index (κ1) is 25.5. The van der Waals surface area contributed by atoms with Crippen LogP contribution in [0.5, 0.6) is 0 Å². The minimum absolute atomic E-state index is 0.317. The van der Waals surface area contributed by atoms with E-state index in [4.69, 9.17) is 0 Å².